The van der Waals surface area contributed by atoms with Crippen LogP contribution in [0.5, 0.6) is 0 Å². The highest BCUT2D eigenvalue weighted by atomic mass is 16.1. The Morgan fingerprint density at radius 1 is 1.29 bits per heavy atom. The summed E-state index contributed by atoms with van der Waals surface area (Å²) in [4.78, 5) is 12.4. The van der Waals surface area contributed by atoms with Gasteiger partial charge in [-0.3, -0.25) is 9.20 Å². The summed E-state index contributed by atoms with van der Waals surface area (Å²) >= 11 is 0. The average molecular weight is 318 g/mol. The maximum absolute atomic E-state index is 12.4. The van der Waals surface area contributed by atoms with Gasteiger partial charge in [0.2, 0.25) is 0 Å². The molecule has 1 saturated carbocycles. The first-order chi connectivity index (χ1) is 11.8. The first-order valence-electron chi connectivity index (χ1n) is 8.42. The van der Waals surface area contributed by atoms with Gasteiger partial charge in [-0.1, -0.05) is 24.3 Å². The Kier molecular flexibility index (Phi) is 2.80. The topological polar surface area (TPSA) is 59.3 Å². The number of rotatable bonds is 3. The fourth-order valence-electron chi connectivity index (χ4n) is 4.28. The number of carbonyl (C=O) groups is 1. The smallest absolute Gasteiger partial charge is 0.252 e. The number of nitrogens with one attached hydrogen (secondary N) is 1. The van der Waals surface area contributed by atoms with Gasteiger partial charge in [0, 0.05) is 18.2 Å². The number of hydrogen-bond acceptors (Lipinski definition) is 3. The number of amides is 1. The number of benzene rings is 1. The highest BCUT2D eigenvalue weighted by Crippen LogP contribution is 2.61. The molecule has 1 amide bonds. The summed E-state index contributed by atoms with van der Waals surface area (Å²) in [6.45, 7) is 0.743. The summed E-state index contributed by atoms with van der Waals surface area (Å²) in [5.41, 5.74) is 4.71. The predicted octanol–water partition coefficient (Wildman–Crippen LogP) is 2.36. The zero-order valence-electron chi connectivity index (χ0n) is 13.3. The van der Waals surface area contributed by atoms with Crippen molar-refractivity contribution >= 4 is 11.6 Å². The minimum atomic E-state index is -0.0288. The number of fused-ring (bicyclic) bond motifs is 3. The third-order valence-corrected chi connectivity index (χ3v) is 5.69. The lowest BCUT2D eigenvalue weighted by Gasteiger charge is -2.12. The Balaban J connectivity index is 1.28. The van der Waals surface area contributed by atoms with Gasteiger partial charge in [-0.15, -0.1) is 10.2 Å². The molecule has 2 aromatic heterocycles. The first-order valence-corrected chi connectivity index (χ1v) is 8.42. The van der Waals surface area contributed by atoms with E-state index in [4.69, 9.17) is 0 Å². The lowest BCUT2D eigenvalue weighted by atomic mass is 9.95. The molecule has 24 heavy (non-hydrogen) atoms. The van der Waals surface area contributed by atoms with Crippen molar-refractivity contribution in [2.24, 2.45) is 5.92 Å². The number of aryl methyl sites for hydroxylation is 1. The lowest BCUT2D eigenvalue weighted by molar-refractivity contribution is 0.0950. The summed E-state index contributed by atoms with van der Waals surface area (Å²) in [7, 11) is 0. The molecule has 1 aromatic carbocycles. The molecule has 1 spiro atoms. The van der Waals surface area contributed by atoms with Crippen LogP contribution in [0.2, 0.25) is 0 Å². The third kappa shape index (κ3) is 1.97. The van der Waals surface area contributed by atoms with Crippen molar-refractivity contribution < 1.29 is 4.79 Å². The van der Waals surface area contributed by atoms with Crippen molar-refractivity contribution in [3.8, 4) is 0 Å². The van der Waals surface area contributed by atoms with Crippen LogP contribution in [0, 0.1) is 5.92 Å². The molecule has 2 atom stereocenters. The number of aromatic nitrogens is 3. The van der Waals surface area contributed by atoms with Gasteiger partial charge in [0.25, 0.3) is 5.91 Å². The van der Waals surface area contributed by atoms with Gasteiger partial charge in [0.15, 0.2) is 5.65 Å². The van der Waals surface area contributed by atoms with E-state index < -0.39 is 0 Å². The van der Waals surface area contributed by atoms with Gasteiger partial charge in [0.1, 0.15) is 6.33 Å². The van der Waals surface area contributed by atoms with Crippen molar-refractivity contribution in [3.63, 3.8) is 0 Å². The first kappa shape index (κ1) is 13.7. The average Bonchev–Trinajstić information content (AvgIpc) is 2.93. The third-order valence-electron chi connectivity index (χ3n) is 5.69. The van der Waals surface area contributed by atoms with Gasteiger partial charge in [-0.25, -0.2) is 0 Å². The van der Waals surface area contributed by atoms with E-state index >= 15 is 0 Å². The molecule has 5 rings (SSSR count). The van der Waals surface area contributed by atoms with Gasteiger partial charge < -0.3 is 5.32 Å². The second kappa shape index (κ2) is 4.90. The van der Waals surface area contributed by atoms with Crippen LogP contribution in [0.25, 0.3) is 5.65 Å². The molecule has 3 aromatic rings. The molecule has 2 aliphatic carbocycles. The molecule has 5 heteroatoms. The van der Waals surface area contributed by atoms with Crippen LogP contribution in [0.15, 0.2) is 48.9 Å². The van der Waals surface area contributed by atoms with Gasteiger partial charge in [-0.05, 0) is 48.4 Å². The number of pyridine rings is 1. The molecule has 2 aliphatic rings. The molecule has 1 N–H and O–H groups in total. The largest absolute Gasteiger partial charge is 0.352 e. The van der Waals surface area contributed by atoms with E-state index in [1.54, 1.807) is 23.0 Å². The molecule has 0 bridgehead atoms. The molecule has 1 fully saturated rings. The Morgan fingerprint density at radius 2 is 2.21 bits per heavy atom. The van der Waals surface area contributed by atoms with Crippen LogP contribution in [-0.2, 0) is 11.8 Å². The Bertz CT molecular complexity index is 947. The summed E-state index contributed by atoms with van der Waals surface area (Å²) in [6.07, 6.45) is 6.97. The van der Waals surface area contributed by atoms with E-state index in [0.29, 0.717) is 16.9 Å². The van der Waals surface area contributed by atoms with Gasteiger partial charge >= 0.3 is 0 Å². The SMILES string of the molecule is O=C(NC[C@@H]1C[C@]12CCc1ccccc12)c1ccc2nncn2c1. The Morgan fingerprint density at radius 3 is 3.17 bits per heavy atom. The van der Waals surface area contributed by atoms with Crippen LogP contribution >= 0.6 is 0 Å². The second-order valence-corrected chi connectivity index (χ2v) is 6.94. The lowest BCUT2D eigenvalue weighted by Crippen LogP contribution is -2.27. The summed E-state index contributed by atoms with van der Waals surface area (Å²) in [6, 6.07) is 12.4. The molecule has 0 saturated heterocycles. The fraction of sp³-hybridized carbons (Fsp3) is 0.316. The quantitative estimate of drug-likeness (QED) is 0.806. The van der Waals surface area contributed by atoms with Crippen LogP contribution in [0.1, 0.15) is 34.3 Å². The Hall–Kier alpha value is -2.69. The van der Waals surface area contributed by atoms with Crippen molar-refractivity contribution in [2.75, 3.05) is 6.54 Å². The highest BCUT2D eigenvalue weighted by Gasteiger charge is 2.57. The van der Waals surface area contributed by atoms with Gasteiger partial charge in [-0.2, -0.15) is 0 Å². The van der Waals surface area contributed by atoms with Crippen molar-refractivity contribution in [3.05, 3.63) is 65.6 Å². The molecular weight excluding hydrogens is 300 g/mol. The van der Waals surface area contributed by atoms with Crippen LogP contribution < -0.4 is 5.32 Å². The van der Waals surface area contributed by atoms with E-state index in [1.807, 2.05) is 6.07 Å². The molecule has 0 aliphatic heterocycles. The second-order valence-electron chi connectivity index (χ2n) is 6.94. The zero-order valence-corrected chi connectivity index (χ0v) is 13.3. The van der Waals surface area contributed by atoms with E-state index in [2.05, 4.69) is 39.8 Å². The normalized spacial score (nSPS) is 24.2. The molecule has 2 heterocycles. The van der Waals surface area contributed by atoms with Crippen LogP contribution in [0.4, 0.5) is 0 Å². The maximum Gasteiger partial charge on any atom is 0.252 e. The molecular formula is C19H18N4O. The molecule has 5 nitrogen and oxygen atoms in total. The predicted molar refractivity (Wildman–Crippen MR) is 89.9 cm³/mol. The van der Waals surface area contributed by atoms with E-state index in [-0.39, 0.29) is 5.91 Å². The van der Waals surface area contributed by atoms with E-state index in [0.717, 1.165) is 12.2 Å². The highest BCUT2D eigenvalue weighted by molar-refractivity contribution is 5.94. The van der Waals surface area contributed by atoms with Crippen molar-refractivity contribution in [2.45, 2.75) is 24.7 Å². The van der Waals surface area contributed by atoms with E-state index in [1.165, 1.54) is 30.4 Å². The monoisotopic (exact) mass is 318 g/mol. The summed E-state index contributed by atoms with van der Waals surface area (Å²) < 4.78 is 1.76. The van der Waals surface area contributed by atoms with Crippen molar-refractivity contribution in [1.29, 1.82) is 0 Å². The minimum absolute atomic E-state index is 0.0288. The standard InChI is InChI=1S/C19H18N4O/c24-18(14-5-6-17-22-21-12-23(17)11-14)20-10-15-9-19(15)8-7-13-3-1-2-4-16(13)19/h1-6,11-12,15H,7-10H2,(H,20,24)/t15-,19+/m0/s1. The summed E-state index contributed by atoms with van der Waals surface area (Å²) in [5, 5.41) is 10.9. The number of carbonyl (C=O) groups excluding carboxylic acids is 1. The van der Waals surface area contributed by atoms with Crippen LogP contribution in [-0.4, -0.2) is 27.0 Å². The van der Waals surface area contributed by atoms with E-state index in [9.17, 15) is 4.79 Å². The van der Waals surface area contributed by atoms with Crippen LogP contribution in [0.3, 0.4) is 0 Å². The molecule has 120 valence electrons. The Labute approximate surface area is 139 Å². The molecule has 0 unspecified atom stereocenters. The summed E-state index contributed by atoms with van der Waals surface area (Å²) in [5.74, 6) is 0.530. The number of hydrogen-bond donors (Lipinski definition) is 1. The zero-order chi connectivity index (χ0) is 16.1. The maximum atomic E-state index is 12.4. The minimum Gasteiger partial charge on any atom is -0.352 e. The molecule has 0 radical (unpaired) electrons. The fourth-order valence-corrected chi connectivity index (χ4v) is 4.28. The van der Waals surface area contributed by atoms with Gasteiger partial charge in [0.05, 0.1) is 5.56 Å². The number of nitrogens with zero attached hydrogens (tertiary/aromatic N) is 3. The van der Waals surface area contributed by atoms with Crippen molar-refractivity contribution in [1.82, 2.24) is 19.9 Å².